The second kappa shape index (κ2) is 7.88. The fourth-order valence-electron chi connectivity index (χ4n) is 4.33. The molecule has 3 nitrogen and oxygen atoms in total. The van der Waals surface area contributed by atoms with Gasteiger partial charge in [0.25, 0.3) is 8.32 Å². The number of nitrogens with two attached hydrogens (primary N) is 1. The van der Waals surface area contributed by atoms with Crippen molar-refractivity contribution in [1.82, 2.24) is 0 Å². The van der Waals surface area contributed by atoms with E-state index in [0.717, 1.165) is 12.8 Å². The topological polar surface area (TPSA) is 55.5 Å². The number of rotatable bonds is 5. The molecule has 0 amide bonds. The van der Waals surface area contributed by atoms with E-state index in [2.05, 4.69) is 69.3 Å². The molecule has 1 aliphatic rings. The molecule has 0 unspecified atom stereocenters. The van der Waals surface area contributed by atoms with Crippen LogP contribution in [0.5, 0.6) is 0 Å². The molecular formula is C23H33NO2Si. The number of hydrogen-bond donors (Lipinski definition) is 2. The van der Waals surface area contributed by atoms with Gasteiger partial charge in [0.05, 0.1) is 12.2 Å². The van der Waals surface area contributed by atoms with Crippen LogP contribution >= 0.6 is 0 Å². The lowest BCUT2D eigenvalue weighted by molar-refractivity contribution is -0.0398. The molecule has 2 aromatic carbocycles. The maximum Gasteiger partial charge on any atom is 0.261 e. The van der Waals surface area contributed by atoms with Crippen molar-refractivity contribution in [2.75, 3.05) is 6.61 Å². The minimum absolute atomic E-state index is 0.0723. The summed E-state index contributed by atoms with van der Waals surface area (Å²) in [5, 5.41) is 13.6. The van der Waals surface area contributed by atoms with Crippen LogP contribution in [0.1, 0.15) is 46.5 Å². The van der Waals surface area contributed by atoms with E-state index in [1.54, 1.807) is 0 Å². The van der Waals surface area contributed by atoms with Gasteiger partial charge in [-0.1, -0.05) is 81.4 Å². The minimum atomic E-state index is -2.59. The van der Waals surface area contributed by atoms with Gasteiger partial charge in [0, 0.05) is 6.04 Å². The van der Waals surface area contributed by atoms with E-state index < -0.39 is 13.9 Å². The third-order valence-corrected chi connectivity index (χ3v) is 10.9. The molecule has 2 aromatic rings. The van der Waals surface area contributed by atoms with Crippen molar-refractivity contribution in [2.24, 2.45) is 5.73 Å². The SMILES string of the molecule is CC(C)(C)[Si](OC[C@]1(O)CC[C@H](N)CC1)(c1ccccc1)c1ccccc1. The fourth-order valence-corrected chi connectivity index (χ4v) is 8.97. The second-order valence-corrected chi connectivity index (χ2v) is 13.3. The Morgan fingerprint density at radius 1 is 0.963 bits per heavy atom. The molecule has 1 fully saturated rings. The van der Waals surface area contributed by atoms with Crippen LogP contribution in [0.25, 0.3) is 0 Å². The van der Waals surface area contributed by atoms with E-state index >= 15 is 0 Å². The Morgan fingerprint density at radius 3 is 1.81 bits per heavy atom. The summed E-state index contributed by atoms with van der Waals surface area (Å²) in [6.07, 6.45) is 3.15. The van der Waals surface area contributed by atoms with E-state index in [4.69, 9.17) is 10.2 Å². The molecule has 0 spiro atoms. The lowest BCUT2D eigenvalue weighted by Gasteiger charge is -2.45. The van der Waals surface area contributed by atoms with Crippen LogP contribution < -0.4 is 16.1 Å². The molecule has 0 aromatic heterocycles. The third kappa shape index (κ3) is 4.19. The molecule has 0 atom stereocenters. The molecule has 27 heavy (non-hydrogen) atoms. The predicted molar refractivity (Wildman–Crippen MR) is 115 cm³/mol. The monoisotopic (exact) mass is 383 g/mol. The molecule has 3 rings (SSSR count). The van der Waals surface area contributed by atoms with Gasteiger partial charge in [-0.05, 0) is 41.1 Å². The van der Waals surface area contributed by atoms with E-state index in [0.29, 0.717) is 19.4 Å². The van der Waals surface area contributed by atoms with Crippen molar-refractivity contribution in [3.05, 3.63) is 60.7 Å². The molecule has 146 valence electrons. The number of hydrogen-bond acceptors (Lipinski definition) is 3. The highest BCUT2D eigenvalue weighted by atomic mass is 28.4. The van der Waals surface area contributed by atoms with E-state index in [1.807, 2.05) is 12.1 Å². The molecule has 0 bridgehead atoms. The van der Waals surface area contributed by atoms with Gasteiger partial charge in [0.15, 0.2) is 0 Å². The van der Waals surface area contributed by atoms with Gasteiger partial charge in [-0.2, -0.15) is 0 Å². The van der Waals surface area contributed by atoms with Gasteiger partial charge >= 0.3 is 0 Å². The molecule has 0 saturated heterocycles. The maximum atomic E-state index is 11.2. The average molecular weight is 384 g/mol. The lowest BCUT2D eigenvalue weighted by atomic mass is 9.83. The van der Waals surface area contributed by atoms with Gasteiger partial charge in [-0.3, -0.25) is 0 Å². The van der Waals surface area contributed by atoms with Crippen molar-refractivity contribution in [1.29, 1.82) is 0 Å². The highest BCUT2D eigenvalue weighted by Gasteiger charge is 2.51. The summed E-state index contributed by atoms with van der Waals surface area (Å²) < 4.78 is 6.89. The summed E-state index contributed by atoms with van der Waals surface area (Å²) in [5.74, 6) is 0. The summed E-state index contributed by atoms with van der Waals surface area (Å²) in [7, 11) is -2.59. The Morgan fingerprint density at radius 2 is 1.41 bits per heavy atom. The second-order valence-electron chi connectivity index (χ2n) is 9.01. The highest BCUT2D eigenvalue weighted by Crippen LogP contribution is 2.38. The first kappa shape index (κ1) is 20.3. The van der Waals surface area contributed by atoms with Crippen LogP contribution in [-0.4, -0.2) is 31.7 Å². The third-order valence-electron chi connectivity index (χ3n) is 5.94. The molecule has 0 radical (unpaired) electrons. The maximum absolute atomic E-state index is 11.2. The Balaban J connectivity index is 2.02. The Bertz CT molecular complexity index is 680. The molecule has 1 aliphatic carbocycles. The first-order valence-corrected chi connectivity index (χ1v) is 11.9. The largest absolute Gasteiger partial charge is 0.404 e. The minimum Gasteiger partial charge on any atom is -0.404 e. The van der Waals surface area contributed by atoms with Gasteiger partial charge in [0.2, 0.25) is 0 Å². The molecule has 1 saturated carbocycles. The predicted octanol–water partition coefficient (Wildman–Crippen LogP) is 3.20. The van der Waals surface area contributed by atoms with Crippen molar-refractivity contribution in [3.8, 4) is 0 Å². The van der Waals surface area contributed by atoms with E-state index in [1.165, 1.54) is 10.4 Å². The highest BCUT2D eigenvalue weighted by molar-refractivity contribution is 6.99. The van der Waals surface area contributed by atoms with Gasteiger partial charge in [0.1, 0.15) is 0 Å². The zero-order valence-electron chi connectivity index (χ0n) is 16.8. The van der Waals surface area contributed by atoms with Crippen LogP contribution in [0, 0.1) is 0 Å². The molecule has 0 aliphatic heterocycles. The van der Waals surface area contributed by atoms with Gasteiger partial charge < -0.3 is 15.3 Å². The zero-order valence-corrected chi connectivity index (χ0v) is 17.8. The lowest BCUT2D eigenvalue weighted by Crippen LogP contribution is -2.67. The molecular weight excluding hydrogens is 350 g/mol. The van der Waals surface area contributed by atoms with E-state index in [-0.39, 0.29) is 11.1 Å². The van der Waals surface area contributed by atoms with Crippen LogP contribution in [0.2, 0.25) is 5.04 Å². The summed E-state index contributed by atoms with van der Waals surface area (Å²) in [6.45, 7) is 7.16. The summed E-state index contributed by atoms with van der Waals surface area (Å²) in [6, 6.07) is 21.4. The van der Waals surface area contributed by atoms with E-state index in [9.17, 15) is 5.11 Å². The number of aliphatic hydroxyl groups is 1. The fraction of sp³-hybridized carbons (Fsp3) is 0.478. The smallest absolute Gasteiger partial charge is 0.261 e. The van der Waals surface area contributed by atoms with Crippen molar-refractivity contribution >= 4 is 18.7 Å². The van der Waals surface area contributed by atoms with Crippen molar-refractivity contribution < 1.29 is 9.53 Å². The standard InChI is InChI=1S/C23H33NO2Si/c1-22(2,3)27(20-10-6-4-7-11-20,21-12-8-5-9-13-21)26-18-23(25)16-14-19(24)15-17-23/h4-13,19,25H,14-18,24H2,1-3H3/t19-,23-. The summed E-state index contributed by atoms with van der Waals surface area (Å²) in [5.41, 5.74) is 5.27. The first-order valence-electron chi connectivity index (χ1n) is 10.00. The zero-order chi connectivity index (χ0) is 19.5. The normalized spacial score (nSPS) is 24.0. The summed E-state index contributed by atoms with van der Waals surface area (Å²) in [4.78, 5) is 0. The first-order chi connectivity index (χ1) is 12.8. The van der Waals surface area contributed by atoms with Crippen LogP contribution in [0.4, 0.5) is 0 Å². The average Bonchev–Trinajstić information content (AvgIpc) is 2.66. The van der Waals surface area contributed by atoms with Gasteiger partial charge in [-0.25, -0.2) is 0 Å². The quantitative estimate of drug-likeness (QED) is 0.780. The number of benzene rings is 2. The Hall–Kier alpha value is -1.46. The molecule has 3 N–H and O–H groups in total. The van der Waals surface area contributed by atoms with Crippen molar-refractivity contribution in [3.63, 3.8) is 0 Å². The Labute approximate surface area is 164 Å². The van der Waals surface area contributed by atoms with Crippen molar-refractivity contribution in [2.45, 2.75) is 63.1 Å². The Kier molecular flexibility index (Phi) is 5.92. The molecule has 4 heteroatoms. The summed E-state index contributed by atoms with van der Waals surface area (Å²) >= 11 is 0. The van der Waals surface area contributed by atoms with Crippen LogP contribution in [0.15, 0.2) is 60.7 Å². The molecule has 0 heterocycles. The van der Waals surface area contributed by atoms with Crippen LogP contribution in [0.3, 0.4) is 0 Å². The van der Waals surface area contributed by atoms with Gasteiger partial charge in [-0.15, -0.1) is 0 Å². The van der Waals surface area contributed by atoms with Crippen LogP contribution in [-0.2, 0) is 4.43 Å².